The van der Waals surface area contributed by atoms with Gasteiger partial charge in [0, 0.05) is 11.6 Å². The Morgan fingerprint density at radius 2 is 1.94 bits per heavy atom. The quantitative estimate of drug-likeness (QED) is 0.842. The topological polar surface area (TPSA) is 35.2 Å². The molecule has 0 aliphatic rings. The molecule has 0 saturated heterocycles. The molecular formula is C15H25NO. The Kier molecular flexibility index (Phi) is 4.58. The Morgan fingerprint density at radius 3 is 2.41 bits per heavy atom. The van der Waals surface area contributed by atoms with Gasteiger partial charge in [-0.3, -0.25) is 0 Å². The number of rotatable bonds is 5. The fourth-order valence-corrected chi connectivity index (χ4v) is 1.82. The molecule has 96 valence electrons. The van der Waals surface area contributed by atoms with Gasteiger partial charge in [-0.05, 0) is 37.3 Å². The second-order valence-corrected chi connectivity index (χ2v) is 5.21. The lowest BCUT2D eigenvalue weighted by atomic mass is 9.81. The summed E-state index contributed by atoms with van der Waals surface area (Å²) in [6, 6.07) is 6.40. The third-order valence-electron chi connectivity index (χ3n) is 3.47. The maximum atomic E-state index is 6.02. The van der Waals surface area contributed by atoms with E-state index in [9.17, 15) is 0 Å². The van der Waals surface area contributed by atoms with Gasteiger partial charge in [0.05, 0.1) is 6.61 Å². The predicted octanol–water partition coefficient (Wildman–Crippen LogP) is 3.79. The highest BCUT2D eigenvalue weighted by molar-refractivity contribution is 5.41. The standard InChI is InChI=1S/C15H25NO/c1-6-15(4,5)12-8-9-14(17-7-2)13(10-12)11(3)16/h8-11H,6-7,16H2,1-5H3. The van der Waals surface area contributed by atoms with Gasteiger partial charge in [0.2, 0.25) is 0 Å². The van der Waals surface area contributed by atoms with E-state index in [0.717, 1.165) is 17.7 Å². The molecule has 17 heavy (non-hydrogen) atoms. The first-order valence-corrected chi connectivity index (χ1v) is 6.45. The molecule has 1 atom stereocenters. The van der Waals surface area contributed by atoms with E-state index in [-0.39, 0.29) is 11.5 Å². The molecule has 1 rings (SSSR count). The fraction of sp³-hybridized carbons (Fsp3) is 0.600. The van der Waals surface area contributed by atoms with Gasteiger partial charge in [-0.1, -0.05) is 32.9 Å². The van der Waals surface area contributed by atoms with Crippen molar-refractivity contribution >= 4 is 0 Å². The molecule has 0 aromatic heterocycles. The third-order valence-corrected chi connectivity index (χ3v) is 3.47. The van der Waals surface area contributed by atoms with Crippen molar-refractivity contribution in [2.24, 2.45) is 5.73 Å². The molecule has 0 heterocycles. The summed E-state index contributed by atoms with van der Waals surface area (Å²) in [6.07, 6.45) is 1.11. The van der Waals surface area contributed by atoms with Crippen LogP contribution in [0.5, 0.6) is 5.75 Å². The second-order valence-electron chi connectivity index (χ2n) is 5.21. The van der Waals surface area contributed by atoms with Crippen LogP contribution in [0.25, 0.3) is 0 Å². The van der Waals surface area contributed by atoms with E-state index in [2.05, 4.69) is 39.0 Å². The molecule has 0 radical (unpaired) electrons. The van der Waals surface area contributed by atoms with Gasteiger partial charge in [0.25, 0.3) is 0 Å². The van der Waals surface area contributed by atoms with Crippen LogP contribution in [0, 0.1) is 0 Å². The van der Waals surface area contributed by atoms with E-state index < -0.39 is 0 Å². The third kappa shape index (κ3) is 3.22. The monoisotopic (exact) mass is 235 g/mol. The lowest BCUT2D eigenvalue weighted by Gasteiger charge is -2.25. The van der Waals surface area contributed by atoms with Crippen molar-refractivity contribution in [3.63, 3.8) is 0 Å². The molecule has 0 spiro atoms. The summed E-state index contributed by atoms with van der Waals surface area (Å²) >= 11 is 0. The molecule has 0 aliphatic carbocycles. The average Bonchev–Trinajstić information content (AvgIpc) is 2.29. The maximum Gasteiger partial charge on any atom is 0.124 e. The average molecular weight is 235 g/mol. The molecule has 0 saturated carbocycles. The Bertz CT molecular complexity index is 369. The summed E-state index contributed by atoms with van der Waals surface area (Å²) in [6.45, 7) is 11.4. The molecule has 0 bridgehead atoms. The molecule has 1 aromatic rings. The molecule has 2 N–H and O–H groups in total. The minimum atomic E-state index is 0.00385. The largest absolute Gasteiger partial charge is 0.494 e. The van der Waals surface area contributed by atoms with Gasteiger partial charge in [-0.25, -0.2) is 0 Å². The molecule has 2 heteroatoms. The van der Waals surface area contributed by atoms with Crippen molar-refractivity contribution in [2.75, 3.05) is 6.61 Å². The first-order valence-electron chi connectivity index (χ1n) is 6.45. The summed E-state index contributed by atoms with van der Waals surface area (Å²) in [5, 5.41) is 0. The summed E-state index contributed by atoms with van der Waals surface area (Å²) in [5.41, 5.74) is 8.64. The highest BCUT2D eigenvalue weighted by atomic mass is 16.5. The van der Waals surface area contributed by atoms with Crippen molar-refractivity contribution < 1.29 is 4.74 Å². The van der Waals surface area contributed by atoms with E-state index >= 15 is 0 Å². The van der Waals surface area contributed by atoms with Crippen LogP contribution in [0.4, 0.5) is 0 Å². The first kappa shape index (κ1) is 14.0. The van der Waals surface area contributed by atoms with Crippen LogP contribution in [-0.4, -0.2) is 6.61 Å². The molecule has 0 fully saturated rings. The van der Waals surface area contributed by atoms with Crippen LogP contribution in [0.1, 0.15) is 58.2 Å². The minimum Gasteiger partial charge on any atom is -0.494 e. The van der Waals surface area contributed by atoms with Crippen LogP contribution in [-0.2, 0) is 5.41 Å². The Balaban J connectivity index is 3.18. The van der Waals surface area contributed by atoms with Crippen LogP contribution in [0.3, 0.4) is 0 Å². The Morgan fingerprint density at radius 1 is 1.29 bits per heavy atom. The van der Waals surface area contributed by atoms with Crippen LogP contribution in [0.15, 0.2) is 18.2 Å². The van der Waals surface area contributed by atoms with Gasteiger partial charge >= 0.3 is 0 Å². The lowest BCUT2D eigenvalue weighted by Crippen LogP contribution is -2.17. The molecule has 0 aliphatic heterocycles. The summed E-state index contributed by atoms with van der Waals surface area (Å²) in [4.78, 5) is 0. The molecular weight excluding hydrogens is 210 g/mol. The highest BCUT2D eigenvalue weighted by Crippen LogP contribution is 2.32. The van der Waals surface area contributed by atoms with Crippen molar-refractivity contribution in [2.45, 2.75) is 52.5 Å². The number of hydrogen-bond donors (Lipinski definition) is 1. The zero-order valence-corrected chi connectivity index (χ0v) is 11.7. The molecule has 1 unspecified atom stereocenters. The second kappa shape index (κ2) is 5.54. The minimum absolute atomic E-state index is 0.00385. The predicted molar refractivity (Wildman–Crippen MR) is 73.5 cm³/mol. The lowest BCUT2D eigenvalue weighted by molar-refractivity contribution is 0.334. The van der Waals surface area contributed by atoms with Gasteiger partial charge < -0.3 is 10.5 Å². The normalized spacial score (nSPS) is 13.5. The molecule has 1 aromatic carbocycles. The Hall–Kier alpha value is -1.02. The van der Waals surface area contributed by atoms with Crippen molar-refractivity contribution in [1.29, 1.82) is 0 Å². The summed E-state index contributed by atoms with van der Waals surface area (Å²) in [5.74, 6) is 0.915. The van der Waals surface area contributed by atoms with Crippen molar-refractivity contribution in [3.05, 3.63) is 29.3 Å². The van der Waals surface area contributed by atoms with E-state index in [4.69, 9.17) is 10.5 Å². The van der Waals surface area contributed by atoms with Gasteiger partial charge in [0.1, 0.15) is 5.75 Å². The van der Waals surface area contributed by atoms with Crippen molar-refractivity contribution in [1.82, 2.24) is 0 Å². The van der Waals surface area contributed by atoms with E-state index in [1.807, 2.05) is 13.8 Å². The molecule has 0 amide bonds. The van der Waals surface area contributed by atoms with Gasteiger partial charge in [-0.15, -0.1) is 0 Å². The van der Waals surface area contributed by atoms with Crippen LogP contribution < -0.4 is 10.5 Å². The van der Waals surface area contributed by atoms with Crippen LogP contribution in [0.2, 0.25) is 0 Å². The SMILES string of the molecule is CCOc1ccc(C(C)(C)CC)cc1C(C)N. The van der Waals surface area contributed by atoms with E-state index in [1.54, 1.807) is 0 Å². The number of hydrogen-bond acceptors (Lipinski definition) is 2. The van der Waals surface area contributed by atoms with E-state index in [0.29, 0.717) is 6.61 Å². The maximum absolute atomic E-state index is 6.02. The zero-order chi connectivity index (χ0) is 13.1. The van der Waals surface area contributed by atoms with E-state index in [1.165, 1.54) is 5.56 Å². The summed E-state index contributed by atoms with van der Waals surface area (Å²) < 4.78 is 5.62. The zero-order valence-electron chi connectivity index (χ0n) is 11.7. The fourth-order valence-electron chi connectivity index (χ4n) is 1.82. The number of benzene rings is 1. The Labute approximate surface area is 105 Å². The molecule has 2 nitrogen and oxygen atoms in total. The van der Waals surface area contributed by atoms with Gasteiger partial charge in [0.15, 0.2) is 0 Å². The van der Waals surface area contributed by atoms with Gasteiger partial charge in [-0.2, -0.15) is 0 Å². The summed E-state index contributed by atoms with van der Waals surface area (Å²) in [7, 11) is 0. The number of nitrogens with two attached hydrogens (primary N) is 1. The number of ether oxygens (including phenoxy) is 1. The highest BCUT2D eigenvalue weighted by Gasteiger charge is 2.20. The van der Waals surface area contributed by atoms with Crippen LogP contribution >= 0.6 is 0 Å². The van der Waals surface area contributed by atoms with Crippen molar-refractivity contribution in [3.8, 4) is 5.75 Å². The smallest absolute Gasteiger partial charge is 0.124 e. The first-order chi connectivity index (χ1) is 7.92.